The Balaban J connectivity index is 2.15. The SMILES string of the molecule is CCN(CC1CCC1)c1nccc(C)c1Br. The van der Waals surface area contributed by atoms with Gasteiger partial charge in [0, 0.05) is 19.3 Å². The molecule has 1 saturated carbocycles. The Kier molecular flexibility index (Phi) is 3.85. The van der Waals surface area contributed by atoms with E-state index in [0.717, 1.165) is 29.3 Å². The van der Waals surface area contributed by atoms with Crippen LogP contribution in [0.25, 0.3) is 0 Å². The van der Waals surface area contributed by atoms with Crippen molar-refractivity contribution >= 4 is 21.7 Å². The van der Waals surface area contributed by atoms with Crippen molar-refractivity contribution in [2.24, 2.45) is 5.92 Å². The fourth-order valence-corrected chi connectivity index (χ4v) is 2.58. The summed E-state index contributed by atoms with van der Waals surface area (Å²) in [5.41, 5.74) is 1.26. The van der Waals surface area contributed by atoms with Crippen molar-refractivity contribution in [1.82, 2.24) is 4.98 Å². The zero-order valence-corrected chi connectivity index (χ0v) is 11.6. The first kappa shape index (κ1) is 11.9. The Morgan fingerprint density at radius 3 is 2.81 bits per heavy atom. The average Bonchev–Trinajstić information content (AvgIpc) is 2.22. The van der Waals surface area contributed by atoms with Gasteiger partial charge in [-0.3, -0.25) is 0 Å². The van der Waals surface area contributed by atoms with Crippen LogP contribution in [0.5, 0.6) is 0 Å². The molecule has 1 heterocycles. The molecule has 0 bridgehead atoms. The molecule has 0 radical (unpaired) electrons. The lowest BCUT2D eigenvalue weighted by atomic mass is 9.85. The fraction of sp³-hybridized carbons (Fsp3) is 0.615. The molecule has 0 N–H and O–H groups in total. The molecular weight excluding hydrogens is 264 g/mol. The van der Waals surface area contributed by atoms with E-state index in [0.29, 0.717) is 0 Å². The van der Waals surface area contributed by atoms with E-state index in [-0.39, 0.29) is 0 Å². The minimum atomic E-state index is 0.883. The van der Waals surface area contributed by atoms with Crippen molar-refractivity contribution in [3.8, 4) is 0 Å². The summed E-state index contributed by atoms with van der Waals surface area (Å²) in [6.07, 6.45) is 6.09. The molecule has 88 valence electrons. The largest absolute Gasteiger partial charge is 0.356 e. The van der Waals surface area contributed by atoms with Gasteiger partial charge >= 0.3 is 0 Å². The first-order valence-electron chi connectivity index (χ1n) is 6.08. The molecule has 0 spiro atoms. The maximum atomic E-state index is 4.50. The van der Waals surface area contributed by atoms with Crippen LogP contribution in [0.1, 0.15) is 31.7 Å². The Bertz CT molecular complexity index is 361. The van der Waals surface area contributed by atoms with Gasteiger partial charge in [0.25, 0.3) is 0 Å². The fourth-order valence-electron chi connectivity index (χ4n) is 2.10. The van der Waals surface area contributed by atoms with Gasteiger partial charge in [-0.25, -0.2) is 4.98 Å². The number of aryl methyl sites for hydroxylation is 1. The summed E-state index contributed by atoms with van der Waals surface area (Å²) in [5, 5.41) is 0. The van der Waals surface area contributed by atoms with Gasteiger partial charge in [-0.05, 0) is 60.2 Å². The van der Waals surface area contributed by atoms with Crippen LogP contribution in [0.2, 0.25) is 0 Å². The highest BCUT2D eigenvalue weighted by molar-refractivity contribution is 9.10. The van der Waals surface area contributed by atoms with E-state index in [4.69, 9.17) is 0 Å². The van der Waals surface area contributed by atoms with Crippen molar-refractivity contribution in [3.05, 3.63) is 22.3 Å². The van der Waals surface area contributed by atoms with Crippen LogP contribution in [0.4, 0.5) is 5.82 Å². The van der Waals surface area contributed by atoms with Crippen LogP contribution in [0.3, 0.4) is 0 Å². The molecule has 2 rings (SSSR count). The molecule has 1 aromatic rings. The Labute approximate surface area is 106 Å². The Morgan fingerprint density at radius 1 is 1.50 bits per heavy atom. The topological polar surface area (TPSA) is 16.1 Å². The third-order valence-corrected chi connectivity index (χ3v) is 4.43. The van der Waals surface area contributed by atoms with E-state index in [1.54, 1.807) is 0 Å². The van der Waals surface area contributed by atoms with E-state index in [9.17, 15) is 0 Å². The molecule has 1 fully saturated rings. The normalized spacial score (nSPS) is 15.9. The summed E-state index contributed by atoms with van der Waals surface area (Å²) in [6, 6.07) is 2.05. The lowest BCUT2D eigenvalue weighted by Gasteiger charge is -2.33. The molecule has 0 amide bonds. The molecule has 0 aromatic carbocycles. The first-order valence-corrected chi connectivity index (χ1v) is 6.87. The summed E-state index contributed by atoms with van der Waals surface area (Å²) >= 11 is 3.65. The van der Waals surface area contributed by atoms with Gasteiger partial charge in [-0.1, -0.05) is 6.42 Å². The zero-order valence-electron chi connectivity index (χ0n) is 10.0. The number of pyridine rings is 1. The minimum Gasteiger partial charge on any atom is -0.356 e. The van der Waals surface area contributed by atoms with Gasteiger partial charge < -0.3 is 4.90 Å². The van der Waals surface area contributed by atoms with Gasteiger partial charge in [0.2, 0.25) is 0 Å². The van der Waals surface area contributed by atoms with Crippen molar-refractivity contribution in [2.75, 3.05) is 18.0 Å². The molecule has 1 aliphatic rings. The molecule has 16 heavy (non-hydrogen) atoms. The van der Waals surface area contributed by atoms with Crippen LogP contribution < -0.4 is 4.90 Å². The van der Waals surface area contributed by atoms with E-state index in [2.05, 4.69) is 39.7 Å². The van der Waals surface area contributed by atoms with Crippen molar-refractivity contribution < 1.29 is 0 Å². The van der Waals surface area contributed by atoms with Gasteiger partial charge in [-0.15, -0.1) is 0 Å². The second kappa shape index (κ2) is 5.17. The summed E-state index contributed by atoms with van der Waals surface area (Å²) in [7, 11) is 0. The second-order valence-electron chi connectivity index (χ2n) is 4.60. The van der Waals surface area contributed by atoms with Crippen LogP contribution >= 0.6 is 15.9 Å². The molecule has 1 aromatic heterocycles. The summed E-state index contributed by atoms with van der Waals surface area (Å²) in [4.78, 5) is 6.89. The van der Waals surface area contributed by atoms with E-state index in [1.807, 2.05) is 12.3 Å². The van der Waals surface area contributed by atoms with Gasteiger partial charge in [0.05, 0.1) is 4.47 Å². The Morgan fingerprint density at radius 2 is 2.25 bits per heavy atom. The second-order valence-corrected chi connectivity index (χ2v) is 5.39. The highest BCUT2D eigenvalue weighted by atomic mass is 79.9. The molecular formula is C13H19BrN2. The highest BCUT2D eigenvalue weighted by Crippen LogP contribution is 2.31. The molecule has 3 heteroatoms. The average molecular weight is 283 g/mol. The maximum Gasteiger partial charge on any atom is 0.143 e. The lowest BCUT2D eigenvalue weighted by molar-refractivity contribution is 0.318. The third kappa shape index (κ3) is 2.40. The third-order valence-electron chi connectivity index (χ3n) is 3.45. The smallest absolute Gasteiger partial charge is 0.143 e. The molecule has 0 atom stereocenters. The van der Waals surface area contributed by atoms with Crippen LogP contribution in [0, 0.1) is 12.8 Å². The number of halogens is 1. The van der Waals surface area contributed by atoms with Gasteiger partial charge in [-0.2, -0.15) is 0 Å². The summed E-state index contributed by atoms with van der Waals surface area (Å²) in [5.74, 6) is 1.99. The van der Waals surface area contributed by atoms with E-state index < -0.39 is 0 Å². The first-order chi connectivity index (χ1) is 7.72. The predicted octanol–water partition coefficient (Wildman–Crippen LogP) is 3.78. The summed E-state index contributed by atoms with van der Waals surface area (Å²) < 4.78 is 1.15. The number of aromatic nitrogens is 1. The molecule has 0 aliphatic heterocycles. The molecule has 2 nitrogen and oxygen atoms in total. The number of hydrogen-bond acceptors (Lipinski definition) is 2. The zero-order chi connectivity index (χ0) is 11.5. The molecule has 0 unspecified atom stereocenters. The number of hydrogen-bond donors (Lipinski definition) is 0. The number of rotatable bonds is 4. The monoisotopic (exact) mass is 282 g/mol. The van der Waals surface area contributed by atoms with Gasteiger partial charge in [0.1, 0.15) is 5.82 Å². The van der Waals surface area contributed by atoms with Crippen LogP contribution in [-0.2, 0) is 0 Å². The maximum absolute atomic E-state index is 4.50. The van der Waals surface area contributed by atoms with E-state index >= 15 is 0 Å². The van der Waals surface area contributed by atoms with Crippen molar-refractivity contribution in [2.45, 2.75) is 33.1 Å². The van der Waals surface area contributed by atoms with Crippen LogP contribution in [-0.4, -0.2) is 18.1 Å². The van der Waals surface area contributed by atoms with Gasteiger partial charge in [0.15, 0.2) is 0 Å². The quantitative estimate of drug-likeness (QED) is 0.836. The molecule has 0 saturated heterocycles. The van der Waals surface area contributed by atoms with E-state index in [1.165, 1.54) is 24.8 Å². The lowest BCUT2D eigenvalue weighted by Crippen LogP contribution is -2.33. The highest BCUT2D eigenvalue weighted by Gasteiger charge is 2.21. The standard InChI is InChI=1S/C13H19BrN2/c1-3-16(9-11-5-4-6-11)13-12(14)10(2)7-8-15-13/h7-8,11H,3-6,9H2,1-2H3. The molecule has 1 aliphatic carbocycles. The minimum absolute atomic E-state index is 0.883. The van der Waals surface area contributed by atoms with Crippen molar-refractivity contribution in [1.29, 1.82) is 0 Å². The number of anilines is 1. The number of nitrogens with zero attached hydrogens (tertiary/aromatic N) is 2. The van der Waals surface area contributed by atoms with Crippen molar-refractivity contribution in [3.63, 3.8) is 0 Å². The van der Waals surface area contributed by atoms with Crippen LogP contribution in [0.15, 0.2) is 16.7 Å². The predicted molar refractivity (Wildman–Crippen MR) is 71.9 cm³/mol. The Hall–Kier alpha value is -0.570. The summed E-state index contributed by atoms with van der Waals surface area (Å²) in [6.45, 7) is 6.51.